The van der Waals surface area contributed by atoms with Crippen LogP contribution in [0, 0.1) is 13.8 Å². The first kappa shape index (κ1) is 22.5. The van der Waals surface area contributed by atoms with Gasteiger partial charge in [-0.05, 0) is 19.4 Å². The zero-order valence-electron chi connectivity index (χ0n) is 16.9. The Morgan fingerprint density at radius 3 is 2.52 bits per heavy atom. The van der Waals surface area contributed by atoms with Crippen molar-refractivity contribution in [2.24, 2.45) is 0 Å². The van der Waals surface area contributed by atoms with E-state index in [0.29, 0.717) is 5.56 Å². The molecule has 8 nitrogen and oxygen atoms in total. The van der Waals surface area contributed by atoms with Gasteiger partial charge >= 0.3 is 11.9 Å². The van der Waals surface area contributed by atoms with Gasteiger partial charge < -0.3 is 19.5 Å². The molecule has 2 heterocycles. The second-order valence-corrected chi connectivity index (χ2v) is 7.15. The average Bonchev–Trinajstić information content (AvgIpc) is 3.00. The van der Waals surface area contributed by atoms with Crippen molar-refractivity contribution in [3.8, 4) is 0 Å². The third kappa shape index (κ3) is 5.85. The number of nitrogens with one attached hydrogen (secondary N) is 1. The minimum Gasteiger partial charge on any atom is -0.462 e. The van der Waals surface area contributed by atoms with Gasteiger partial charge in [0.25, 0.3) is 5.91 Å². The zero-order chi connectivity index (χ0) is 21.4. The molecule has 9 heteroatoms. The number of carbonyl (C=O) groups excluding carboxylic acids is 3. The molecule has 0 aliphatic heterocycles. The van der Waals surface area contributed by atoms with Crippen LogP contribution in [0.5, 0.6) is 0 Å². The number of hydrogen-bond acceptors (Lipinski definition) is 7. The quantitative estimate of drug-likeness (QED) is 0.379. The lowest BCUT2D eigenvalue weighted by molar-refractivity contribution is -0.690. The number of methoxy groups -OCH3 is 1. The summed E-state index contributed by atoms with van der Waals surface area (Å²) in [5, 5.41) is 3.00. The normalized spacial score (nSPS) is 10.5. The second kappa shape index (κ2) is 10.7. The van der Waals surface area contributed by atoms with Crippen molar-refractivity contribution in [2.45, 2.75) is 27.3 Å². The van der Waals surface area contributed by atoms with E-state index in [0.717, 1.165) is 17.0 Å². The number of thiophene rings is 1. The zero-order valence-corrected chi connectivity index (χ0v) is 17.8. The fourth-order valence-corrected chi connectivity index (χ4v) is 3.69. The molecule has 0 fully saturated rings. The van der Waals surface area contributed by atoms with Gasteiger partial charge in [-0.25, -0.2) is 9.59 Å². The molecule has 1 N–H and O–H groups in total. The molecule has 0 aliphatic rings. The number of pyridine rings is 1. The van der Waals surface area contributed by atoms with E-state index in [4.69, 9.17) is 14.2 Å². The van der Waals surface area contributed by atoms with Gasteiger partial charge in [-0.15, -0.1) is 11.3 Å². The fraction of sp³-hybridized carbons (Fsp3) is 0.400. The molecule has 0 unspecified atom stereocenters. The number of amides is 1. The van der Waals surface area contributed by atoms with Gasteiger partial charge in [0.2, 0.25) is 6.54 Å². The van der Waals surface area contributed by atoms with Crippen molar-refractivity contribution in [1.82, 2.24) is 0 Å². The van der Waals surface area contributed by atoms with Crippen LogP contribution < -0.4 is 9.88 Å². The number of aromatic nitrogens is 1. The van der Waals surface area contributed by atoms with E-state index in [1.807, 2.05) is 25.1 Å². The number of rotatable bonds is 9. The predicted molar refractivity (Wildman–Crippen MR) is 107 cm³/mol. The summed E-state index contributed by atoms with van der Waals surface area (Å²) in [5.41, 5.74) is 1.49. The maximum absolute atomic E-state index is 12.6. The molecule has 1 amide bonds. The van der Waals surface area contributed by atoms with Gasteiger partial charge in [0, 0.05) is 26.2 Å². The van der Waals surface area contributed by atoms with Crippen LogP contribution in [0.25, 0.3) is 0 Å². The molecule has 0 saturated heterocycles. The smallest absolute Gasteiger partial charge is 0.348 e. The van der Waals surface area contributed by atoms with Crippen LogP contribution >= 0.6 is 11.3 Å². The Morgan fingerprint density at radius 1 is 1.10 bits per heavy atom. The summed E-state index contributed by atoms with van der Waals surface area (Å²) in [6.45, 7) is 5.80. The molecule has 0 radical (unpaired) electrons. The highest BCUT2D eigenvalue weighted by Gasteiger charge is 2.28. The van der Waals surface area contributed by atoms with Crippen molar-refractivity contribution in [3.63, 3.8) is 0 Å². The maximum atomic E-state index is 12.6. The van der Waals surface area contributed by atoms with E-state index >= 15 is 0 Å². The van der Waals surface area contributed by atoms with Gasteiger partial charge in [-0.3, -0.25) is 4.79 Å². The summed E-state index contributed by atoms with van der Waals surface area (Å²) in [4.78, 5) is 37.6. The molecule has 0 saturated carbocycles. The molecule has 2 aromatic heterocycles. The topological polar surface area (TPSA) is 94.8 Å². The van der Waals surface area contributed by atoms with Gasteiger partial charge in [-0.2, -0.15) is 4.57 Å². The van der Waals surface area contributed by atoms with Crippen molar-refractivity contribution in [2.75, 3.05) is 32.2 Å². The molecule has 29 heavy (non-hydrogen) atoms. The summed E-state index contributed by atoms with van der Waals surface area (Å²) in [6, 6.07) is 5.60. The van der Waals surface area contributed by atoms with Crippen molar-refractivity contribution < 1.29 is 33.2 Å². The first-order valence-corrected chi connectivity index (χ1v) is 9.92. The molecular weight excluding hydrogens is 396 g/mol. The first-order chi connectivity index (χ1) is 13.9. The van der Waals surface area contributed by atoms with Crippen molar-refractivity contribution in [1.29, 1.82) is 0 Å². The third-order valence-electron chi connectivity index (χ3n) is 4.07. The van der Waals surface area contributed by atoms with Crippen LogP contribution in [0.15, 0.2) is 24.4 Å². The summed E-state index contributed by atoms with van der Waals surface area (Å²) in [5.74, 6) is -1.50. The number of ether oxygens (including phenoxy) is 3. The van der Waals surface area contributed by atoms with Gasteiger partial charge in [0.05, 0.1) is 18.8 Å². The fourth-order valence-electron chi connectivity index (χ4n) is 2.59. The minimum absolute atomic E-state index is 0.0690. The van der Waals surface area contributed by atoms with Crippen molar-refractivity contribution >= 4 is 34.2 Å². The Morgan fingerprint density at radius 2 is 1.86 bits per heavy atom. The predicted octanol–water partition coefficient (Wildman–Crippen LogP) is 2.27. The van der Waals surface area contributed by atoms with Crippen LogP contribution in [-0.2, 0) is 25.5 Å². The molecule has 2 rings (SSSR count). The largest absolute Gasteiger partial charge is 0.462 e. The molecule has 0 aliphatic carbocycles. The molecule has 156 valence electrons. The monoisotopic (exact) mass is 421 g/mol. The van der Waals surface area contributed by atoms with E-state index in [2.05, 4.69) is 5.32 Å². The van der Waals surface area contributed by atoms with Crippen LogP contribution in [0.2, 0.25) is 0 Å². The minimum atomic E-state index is -0.601. The highest BCUT2D eigenvalue weighted by molar-refractivity contribution is 7.18. The van der Waals surface area contributed by atoms with E-state index in [9.17, 15) is 14.4 Å². The SMILES string of the molecule is CCOC(=O)c1c(NC(=O)C[n+]2ccccc2C)sc(C(=O)OCCOC)c1C. The molecule has 0 spiro atoms. The number of anilines is 1. The molecule has 2 aromatic rings. The van der Waals surface area contributed by atoms with E-state index in [1.54, 1.807) is 24.6 Å². The summed E-state index contributed by atoms with van der Waals surface area (Å²) in [6.07, 6.45) is 1.79. The Hall–Kier alpha value is -2.78. The molecule has 0 aromatic carbocycles. The van der Waals surface area contributed by atoms with E-state index in [-0.39, 0.29) is 47.7 Å². The molecule has 0 atom stereocenters. The standard InChI is InChI=1S/C20H24N2O6S/c1-5-27-19(24)16-14(3)17(20(25)28-11-10-26-4)29-18(16)21-15(23)12-22-9-7-6-8-13(22)2/h6-9H,5,10-12H2,1-4H3/p+1. The van der Waals surface area contributed by atoms with Crippen LogP contribution in [-0.4, -0.2) is 44.8 Å². The number of hydrogen-bond donors (Lipinski definition) is 1. The highest BCUT2D eigenvalue weighted by Crippen LogP contribution is 2.34. The Kier molecular flexibility index (Phi) is 8.29. The van der Waals surface area contributed by atoms with Crippen molar-refractivity contribution in [3.05, 3.63) is 46.1 Å². The Bertz CT molecular complexity index is 893. The Labute approximate surface area is 173 Å². The summed E-state index contributed by atoms with van der Waals surface area (Å²) >= 11 is 0.992. The number of carbonyl (C=O) groups is 3. The van der Waals surface area contributed by atoms with Crippen LogP contribution in [0.4, 0.5) is 5.00 Å². The number of nitrogens with zero attached hydrogens (tertiary/aromatic N) is 1. The van der Waals surface area contributed by atoms with Gasteiger partial charge in [0.15, 0.2) is 11.9 Å². The van der Waals surface area contributed by atoms with Gasteiger partial charge in [0.1, 0.15) is 16.5 Å². The molecule has 0 bridgehead atoms. The average molecular weight is 421 g/mol. The lowest BCUT2D eigenvalue weighted by atomic mass is 10.1. The van der Waals surface area contributed by atoms with E-state index < -0.39 is 11.9 Å². The lowest BCUT2D eigenvalue weighted by Crippen LogP contribution is -2.42. The second-order valence-electron chi connectivity index (χ2n) is 6.13. The third-order valence-corrected chi connectivity index (χ3v) is 5.25. The summed E-state index contributed by atoms with van der Waals surface area (Å²) in [7, 11) is 1.50. The molecular formula is C20H25N2O6S+. The van der Waals surface area contributed by atoms with Gasteiger partial charge in [-0.1, -0.05) is 6.07 Å². The van der Waals surface area contributed by atoms with Crippen LogP contribution in [0.3, 0.4) is 0 Å². The van der Waals surface area contributed by atoms with Crippen LogP contribution in [0.1, 0.15) is 38.2 Å². The maximum Gasteiger partial charge on any atom is 0.348 e. The lowest BCUT2D eigenvalue weighted by Gasteiger charge is -2.06. The summed E-state index contributed by atoms with van der Waals surface area (Å²) < 4.78 is 16.9. The number of aryl methyl sites for hydroxylation is 1. The highest BCUT2D eigenvalue weighted by atomic mass is 32.1. The van der Waals surface area contributed by atoms with E-state index in [1.165, 1.54) is 7.11 Å². The first-order valence-electron chi connectivity index (χ1n) is 9.10. The Balaban J connectivity index is 2.27. The number of esters is 2.